The van der Waals surface area contributed by atoms with Crippen molar-refractivity contribution < 1.29 is 19.1 Å². The first-order chi connectivity index (χ1) is 14.5. The van der Waals surface area contributed by atoms with E-state index in [1.54, 1.807) is 6.92 Å². The first-order valence-corrected chi connectivity index (χ1v) is 12.2. The Hall–Kier alpha value is -1.71. The van der Waals surface area contributed by atoms with Crippen molar-refractivity contribution in [2.24, 2.45) is 34.5 Å². The van der Waals surface area contributed by atoms with Crippen molar-refractivity contribution >= 4 is 17.5 Å². The molecule has 2 fully saturated rings. The van der Waals surface area contributed by atoms with E-state index in [2.05, 4.69) is 33.8 Å². The van der Waals surface area contributed by atoms with Crippen molar-refractivity contribution in [3.05, 3.63) is 23.3 Å². The fourth-order valence-electron chi connectivity index (χ4n) is 8.03. The predicted molar refractivity (Wildman–Crippen MR) is 120 cm³/mol. The molecule has 0 heterocycles. The lowest BCUT2D eigenvalue weighted by Crippen LogP contribution is -2.59. The number of rotatable bonds is 4. The molecule has 170 valence electrons. The summed E-state index contributed by atoms with van der Waals surface area (Å²) in [6, 6.07) is 0. The van der Waals surface area contributed by atoms with Crippen LogP contribution < -0.4 is 0 Å². The van der Waals surface area contributed by atoms with Crippen molar-refractivity contribution in [1.29, 1.82) is 0 Å². The van der Waals surface area contributed by atoms with Gasteiger partial charge in [-0.2, -0.15) is 0 Å². The van der Waals surface area contributed by atoms with Gasteiger partial charge >= 0.3 is 5.97 Å². The number of carbonyl (C=O) groups is 3. The Balaban J connectivity index is 1.76. The van der Waals surface area contributed by atoms with Gasteiger partial charge < -0.3 is 4.74 Å². The topological polar surface area (TPSA) is 60.4 Å². The molecule has 0 bridgehead atoms. The summed E-state index contributed by atoms with van der Waals surface area (Å²) in [6.45, 7) is 12.5. The van der Waals surface area contributed by atoms with Crippen LogP contribution in [0.3, 0.4) is 0 Å². The maximum atomic E-state index is 13.0. The van der Waals surface area contributed by atoms with Gasteiger partial charge in [0.15, 0.2) is 17.2 Å². The molecule has 4 heteroatoms. The first-order valence-electron chi connectivity index (χ1n) is 12.2. The second-order valence-corrected chi connectivity index (χ2v) is 11.2. The first kappa shape index (κ1) is 22.5. The van der Waals surface area contributed by atoms with E-state index in [1.165, 1.54) is 11.1 Å². The average Bonchev–Trinajstić information content (AvgIpc) is 2.98. The van der Waals surface area contributed by atoms with Crippen LogP contribution in [0.5, 0.6) is 0 Å². The zero-order valence-corrected chi connectivity index (χ0v) is 20.0. The minimum absolute atomic E-state index is 0.000316. The van der Waals surface area contributed by atoms with Crippen LogP contribution in [0, 0.1) is 34.5 Å². The van der Waals surface area contributed by atoms with Crippen LogP contribution in [0.1, 0.15) is 86.5 Å². The molecule has 2 saturated carbocycles. The molecule has 0 amide bonds. The zero-order chi connectivity index (χ0) is 22.8. The highest BCUT2D eigenvalue weighted by molar-refractivity contribution is 5.93. The molecule has 4 rings (SSSR count). The van der Waals surface area contributed by atoms with Gasteiger partial charge in [-0.15, -0.1) is 0 Å². The van der Waals surface area contributed by atoms with Gasteiger partial charge in [0.2, 0.25) is 0 Å². The third-order valence-electron chi connectivity index (χ3n) is 9.82. The zero-order valence-electron chi connectivity index (χ0n) is 20.0. The van der Waals surface area contributed by atoms with E-state index in [9.17, 15) is 14.4 Å². The van der Waals surface area contributed by atoms with Gasteiger partial charge in [-0.25, -0.2) is 0 Å². The molecule has 7 atom stereocenters. The summed E-state index contributed by atoms with van der Waals surface area (Å²) in [5.74, 6) is 1.42. The van der Waals surface area contributed by atoms with E-state index >= 15 is 0 Å². The van der Waals surface area contributed by atoms with Crippen LogP contribution >= 0.6 is 0 Å². The summed E-state index contributed by atoms with van der Waals surface area (Å²) < 4.78 is 6.08. The molecular formula is C27H38O4. The van der Waals surface area contributed by atoms with E-state index in [4.69, 9.17) is 4.74 Å². The normalized spacial score (nSPS) is 43.9. The SMILES string of the molecule is CCCC(=O)O[C@@]1(C(C)=O)CCC2C3C=C(C)C4=CC(=O)C[C@H](C)[C@]4(C)C3CC[C@@]21C. The summed E-state index contributed by atoms with van der Waals surface area (Å²) >= 11 is 0. The second kappa shape index (κ2) is 7.42. The summed E-state index contributed by atoms with van der Waals surface area (Å²) in [6.07, 6.45) is 9.40. The number of esters is 1. The molecule has 3 unspecified atom stereocenters. The van der Waals surface area contributed by atoms with Crippen LogP contribution in [0.15, 0.2) is 23.3 Å². The Morgan fingerprint density at radius 2 is 1.84 bits per heavy atom. The fraction of sp³-hybridized carbons (Fsp3) is 0.741. The second-order valence-electron chi connectivity index (χ2n) is 11.2. The van der Waals surface area contributed by atoms with Crippen LogP contribution in [0.4, 0.5) is 0 Å². The van der Waals surface area contributed by atoms with Crippen LogP contribution in [0.25, 0.3) is 0 Å². The standard InChI is InChI=1S/C27H38O4/c1-7-8-24(30)31-27(18(4)28)12-10-21-20-13-16(2)23-15-19(29)14-17(3)26(23,6)22(20)9-11-25(21,27)5/h13,15,17,20-22H,7-12,14H2,1-6H3/t17-,20?,21?,22?,25-,26+,27+/m0/s1. The van der Waals surface area contributed by atoms with Crippen molar-refractivity contribution in [1.82, 2.24) is 0 Å². The molecule has 0 spiro atoms. The maximum Gasteiger partial charge on any atom is 0.306 e. The highest BCUT2D eigenvalue weighted by Crippen LogP contribution is 2.68. The van der Waals surface area contributed by atoms with Crippen molar-refractivity contribution in [2.45, 2.75) is 92.1 Å². The van der Waals surface area contributed by atoms with Gasteiger partial charge in [0.1, 0.15) is 0 Å². The van der Waals surface area contributed by atoms with E-state index < -0.39 is 5.60 Å². The minimum atomic E-state index is -0.998. The third kappa shape index (κ3) is 2.96. The number of Topliss-reactive ketones (excluding diaryl/α,β-unsaturated/α-hetero) is 1. The van der Waals surface area contributed by atoms with E-state index in [-0.39, 0.29) is 28.4 Å². The minimum Gasteiger partial charge on any atom is -0.450 e. The lowest BCUT2D eigenvalue weighted by atomic mass is 9.45. The summed E-state index contributed by atoms with van der Waals surface area (Å²) in [5.41, 5.74) is 1.09. The molecule has 0 aromatic heterocycles. The summed E-state index contributed by atoms with van der Waals surface area (Å²) in [5, 5.41) is 0. The number of fused-ring (bicyclic) bond motifs is 5. The molecule has 0 aromatic carbocycles. The van der Waals surface area contributed by atoms with Crippen LogP contribution in [-0.4, -0.2) is 23.1 Å². The lowest BCUT2D eigenvalue weighted by Gasteiger charge is -2.59. The van der Waals surface area contributed by atoms with E-state index in [0.717, 1.165) is 25.7 Å². The largest absolute Gasteiger partial charge is 0.450 e. The third-order valence-corrected chi connectivity index (χ3v) is 9.82. The van der Waals surface area contributed by atoms with Gasteiger partial charge in [0.05, 0.1) is 0 Å². The highest BCUT2D eigenvalue weighted by Gasteiger charge is 2.68. The lowest BCUT2D eigenvalue weighted by molar-refractivity contribution is -0.187. The van der Waals surface area contributed by atoms with Gasteiger partial charge in [-0.3, -0.25) is 14.4 Å². The van der Waals surface area contributed by atoms with Crippen molar-refractivity contribution in [3.63, 3.8) is 0 Å². The van der Waals surface area contributed by atoms with Gasteiger partial charge in [-0.1, -0.05) is 39.3 Å². The Morgan fingerprint density at radius 3 is 2.48 bits per heavy atom. The Labute approximate surface area is 186 Å². The summed E-state index contributed by atoms with van der Waals surface area (Å²) in [4.78, 5) is 37.9. The van der Waals surface area contributed by atoms with E-state index in [1.807, 2.05) is 13.0 Å². The smallest absolute Gasteiger partial charge is 0.306 e. The predicted octanol–water partition coefficient (Wildman–Crippen LogP) is 5.60. The molecule has 0 aromatic rings. The quantitative estimate of drug-likeness (QED) is 0.549. The van der Waals surface area contributed by atoms with Crippen molar-refractivity contribution in [3.8, 4) is 0 Å². The molecular weight excluding hydrogens is 388 g/mol. The number of carbonyl (C=O) groups excluding carboxylic acids is 3. The monoisotopic (exact) mass is 426 g/mol. The number of allylic oxidation sites excluding steroid dienone is 4. The Bertz CT molecular complexity index is 882. The maximum absolute atomic E-state index is 13.0. The Morgan fingerprint density at radius 1 is 1.16 bits per heavy atom. The molecule has 4 aliphatic rings. The van der Waals surface area contributed by atoms with Crippen molar-refractivity contribution in [2.75, 3.05) is 0 Å². The van der Waals surface area contributed by atoms with Gasteiger partial charge in [0.25, 0.3) is 0 Å². The molecule has 31 heavy (non-hydrogen) atoms. The molecule has 4 nitrogen and oxygen atoms in total. The molecule has 4 aliphatic carbocycles. The van der Waals surface area contributed by atoms with Crippen LogP contribution in [-0.2, 0) is 19.1 Å². The Kier molecular flexibility index (Phi) is 5.38. The van der Waals surface area contributed by atoms with Crippen LogP contribution in [0.2, 0.25) is 0 Å². The number of hydrogen-bond acceptors (Lipinski definition) is 4. The number of ketones is 2. The summed E-state index contributed by atoms with van der Waals surface area (Å²) in [7, 11) is 0. The van der Waals surface area contributed by atoms with Gasteiger partial charge in [-0.05, 0) is 86.7 Å². The molecule has 0 aliphatic heterocycles. The molecule has 0 saturated heterocycles. The highest BCUT2D eigenvalue weighted by atomic mass is 16.6. The van der Waals surface area contributed by atoms with Gasteiger partial charge in [0, 0.05) is 18.3 Å². The molecule has 0 radical (unpaired) electrons. The van der Waals surface area contributed by atoms with E-state index in [0.29, 0.717) is 42.9 Å². The average molecular weight is 427 g/mol. The number of hydrogen-bond donors (Lipinski definition) is 0. The fourth-order valence-corrected chi connectivity index (χ4v) is 8.03. The molecule has 0 N–H and O–H groups in total. The number of ether oxygens (including phenoxy) is 1.